The molecule has 0 unspecified atom stereocenters. The van der Waals surface area contributed by atoms with Crippen LogP contribution in [0.15, 0.2) is 36.8 Å². The van der Waals surface area contributed by atoms with Gasteiger partial charge < -0.3 is 4.84 Å². The van der Waals surface area contributed by atoms with Gasteiger partial charge in [-0.1, -0.05) is 31.0 Å². The van der Waals surface area contributed by atoms with Gasteiger partial charge in [0, 0.05) is 6.20 Å². The molecule has 3 rings (SSSR count). The van der Waals surface area contributed by atoms with E-state index >= 15 is 0 Å². The average molecular weight is 311 g/mol. The Balaban J connectivity index is 1.88. The smallest absolute Gasteiger partial charge is 0.324 e. The van der Waals surface area contributed by atoms with Crippen LogP contribution in [0.3, 0.4) is 0 Å². The molecule has 2 aromatic rings. The lowest BCUT2D eigenvalue weighted by atomic mass is 10.1. The van der Waals surface area contributed by atoms with Gasteiger partial charge in [-0.15, -0.1) is 0 Å². The fourth-order valence-electron chi connectivity index (χ4n) is 2.34. The molecule has 0 spiro atoms. The minimum absolute atomic E-state index is 0.0391. The first-order valence-electron chi connectivity index (χ1n) is 7.00. The van der Waals surface area contributed by atoms with Gasteiger partial charge in [-0.2, -0.15) is 0 Å². The number of hydrogen-bond acceptors (Lipinski definition) is 6. The van der Waals surface area contributed by atoms with Crippen LogP contribution < -0.4 is 0 Å². The van der Waals surface area contributed by atoms with Crippen molar-refractivity contribution in [2.45, 2.75) is 19.8 Å². The maximum absolute atomic E-state index is 12.3. The van der Waals surface area contributed by atoms with E-state index in [-0.39, 0.29) is 22.6 Å². The molecule has 0 aliphatic carbocycles. The van der Waals surface area contributed by atoms with Crippen molar-refractivity contribution in [1.82, 2.24) is 15.0 Å². The molecule has 0 radical (unpaired) electrons. The summed E-state index contributed by atoms with van der Waals surface area (Å²) < 4.78 is 0. The molecular formula is C16H13N3O4. The normalized spacial score (nSPS) is 13.4. The maximum atomic E-state index is 12.3. The second-order valence-electron chi connectivity index (χ2n) is 5.31. The fraction of sp³-hybridized carbons (Fsp3) is 0.188. The van der Waals surface area contributed by atoms with E-state index < -0.39 is 17.8 Å². The van der Waals surface area contributed by atoms with Crippen LogP contribution >= 0.6 is 0 Å². The summed E-state index contributed by atoms with van der Waals surface area (Å²) in [4.78, 5) is 49.6. The molecule has 1 aliphatic rings. The van der Waals surface area contributed by atoms with Crippen molar-refractivity contribution in [3.63, 3.8) is 0 Å². The van der Waals surface area contributed by atoms with Gasteiger partial charge >= 0.3 is 5.97 Å². The molecule has 0 saturated heterocycles. The van der Waals surface area contributed by atoms with Crippen LogP contribution in [-0.2, 0) is 4.84 Å². The van der Waals surface area contributed by atoms with Crippen molar-refractivity contribution < 1.29 is 19.2 Å². The molecule has 7 heteroatoms. The first-order chi connectivity index (χ1) is 11.0. The number of aromatic nitrogens is 2. The number of amides is 2. The number of rotatable bonds is 3. The third kappa shape index (κ3) is 2.46. The molecule has 0 bridgehead atoms. The van der Waals surface area contributed by atoms with Gasteiger partial charge in [0.2, 0.25) is 0 Å². The summed E-state index contributed by atoms with van der Waals surface area (Å²) in [6.45, 7) is 3.72. The lowest BCUT2D eigenvalue weighted by Crippen LogP contribution is -2.33. The Kier molecular flexibility index (Phi) is 3.61. The maximum Gasteiger partial charge on any atom is 0.367 e. The van der Waals surface area contributed by atoms with Crippen LogP contribution in [0.2, 0.25) is 0 Å². The van der Waals surface area contributed by atoms with Gasteiger partial charge in [0.25, 0.3) is 11.8 Å². The molecule has 2 amide bonds. The Labute approximate surface area is 131 Å². The number of carbonyl (C=O) groups excluding carboxylic acids is 3. The Morgan fingerprint density at radius 3 is 2.30 bits per heavy atom. The molecule has 0 N–H and O–H groups in total. The van der Waals surface area contributed by atoms with E-state index in [4.69, 9.17) is 4.84 Å². The average Bonchev–Trinajstić information content (AvgIpc) is 2.80. The van der Waals surface area contributed by atoms with E-state index in [1.165, 1.54) is 24.7 Å². The molecule has 1 aromatic heterocycles. The fourth-order valence-corrected chi connectivity index (χ4v) is 2.34. The zero-order chi connectivity index (χ0) is 16.6. The quantitative estimate of drug-likeness (QED) is 0.805. The molecule has 0 atom stereocenters. The van der Waals surface area contributed by atoms with E-state index in [1.807, 2.05) is 13.8 Å². The van der Waals surface area contributed by atoms with Crippen LogP contribution in [0.4, 0.5) is 0 Å². The van der Waals surface area contributed by atoms with Crippen LogP contribution in [0.25, 0.3) is 0 Å². The summed E-state index contributed by atoms with van der Waals surface area (Å²) in [6.07, 6.45) is 2.64. The van der Waals surface area contributed by atoms with Gasteiger partial charge in [0.15, 0.2) is 0 Å². The molecule has 0 fully saturated rings. The highest BCUT2D eigenvalue weighted by Crippen LogP contribution is 2.24. The van der Waals surface area contributed by atoms with Crippen LogP contribution in [0.5, 0.6) is 0 Å². The lowest BCUT2D eigenvalue weighted by molar-refractivity contribution is -0.0586. The highest BCUT2D eigenvalue weighted by atomic mass is 16.7. The first-order valence-corrected chi connectivity index (χ1v) is 7.00. The monoisotopic (exact) mass is 311 g/mol. The summed E-state index contributed by atoms with van der Waals surface area (Å²) in [6, 6.07) is 6.29. The van der Waals surface area contributed by atoms with Gasteiger partial charge in [-0.25, -0.2) is 14.8 Å². The van der Waals surface area contributed by atoms with Crippen LogP contribution in [0, 0.1) is 0 Å². The summed E-state index contributed by atoms with van der Waals surface area (Å²) >= 11 is 0. The Morgan fingerprint density at radius 1 is 1.13 bits per heavy atom. The number of nitrogens with zero attached hydrogens (tertiary/aromatic N) is 3. The second kappa shape index (κ2) is 5.60. The van der Waals surface area contributed by atoms with Gasteiger partial charge in [0.05, 0.1) is 16.8 Å². The third-order valence-corrected chi connectivity index (χ3v) is 3.44. The standard InChI is InChI=1S/C16H13N3O4/c1-9(2)13-12(7-17-8-18-13)16(22)23-19-14(20)10-5-3-4-6-11(10)15(19)21/h3-9H,1-2H3. The molecule has 1 aliphatic heterocycles. The molecule has 23 heavy (non-hydrogen) atoms. The number of hydrogen-bond donors (Lipinski definition) is 0. The number of hydroxylamine groups is 2. The van der Waals surface area contributed by atoms with E-state index in [9.17, 15) is 14.4 Å². The molecule has 116 valence electrons. The second-order valence-corrected chi connectivity index (χ2v) is 5.31. The predicted molar refractivity (Wildman–Crippen MR) is 78.5 cm³/mol. The van der Waals surface area contributed by atoms with Crippen molar-refractivity contribution in [1.29, 1.82) is 0 Å². The molecular weight excluding hydrogens is 298 g/mol. The summed E-state index contributed by atoms with van der Waals surface area (Å²) in [5.41, 5.74) is 1.03. The molecule has 1 aromatic carbocycles. The molecule has 7 nitrogen and oxygen atoms in total. The lowest BCUT2D eigenvalue weighted by Gasteiger charge is -2.14. The van der Waals surface area contributed by atoms with Crippen molar-refractivity contribution in [3.05, 3.63) is 59.2 Å². The minimum Gasteiger partial charge on any atom is -0.324 e. The minimum atomic E-state index is -0.844. The zero-order valence-electron chi connectivity index (χ0n) is 12.5. The predicted octanol–water partition coefficient (Wildman–Crippen LogP) is 1.97. The summed E-state index contributed by atoms with van der Waals surface area (Å²) in [5, 5.41) is 0.476. The van der Waals surface area contributed by atoms with Crippen molar-refractivity contribution in [2.75, 3.05) is 0 Å². The first kappa shape index (κ1) is 14.8. The zero-order valence-corrected chi connectivity index (χ0v) is 12.5. The molecule has 0 saturated carbocycles. The van der Waals surface area contributed by atoms with Crippen LogP contribution in [0.1, 0.15) is 56.5 Å². The summed E-state index contributed by atoms with van der Waals surface area (Å²) in [7, 11) is 0. The SMILES string of the molecule is CC(C)c1ncncc1C(=O)ON1C(=O)c2ccccc2C1=O. The summed E-state index contributed by atoms with van der Waals surface area (Å²) in [5.74, 6) is -2.21. The largest absolute Gasteiger partial charge is 0.367 e. The Bertz CT molecular complexity index is 781. The third-order valence-electron chi connectivity index (χ3n) is 3.44. The Hall–Kier alpha value is -3.09. The topological polar surface area (TPSA) is 89.5 Å². The Morgan fingerprint density at radius 2 is 1.74 bits per heavy atom. The number of fused-ring (bicyclic) bond motifs is 1. The number of carbonyl (C=O) groups is 3. The highest BCUT2D eigenvalue weighted by molar-refractivity contribution is 6.21. The van der Waals surface area contributed by atoms with Crippen molar-refractivity contribution in [2.24, 2.45) is 0 Å². The molecule has 2 heterocycles. The van der Waals surface area contributed by atoms with E-state index in [0.29, 0.717) is 10.8 Å². The van der Waals surface area contributed by atoms with E-state index in [0.717, 1.165) is 0 Å². The van der Waals surface area contributed by atoms with Crippen LogP contribution in [-0.4, -0.2) is 32.8 Å². The number of imide groups is 1. The van der Waals surface area contributed by atoms with Gasteiger partial charge in [0.1, 0.15) is 11.9 Å². The van der Waals surface area contributed by atoms with E-state index in [1.54, 1.807) is 12.1 Å². The highest BCUT2D eigenvalue weighted by Gasteiger charge is 2.39. The van der Waals surface area contributed by atoms with Crippen molar-refractivity contribution in [3.8, 4) is 0 Å². The van der Waals surface area contributed by atoms with Crippen molar-refractivity contribution >= 4 is 17.8 Å². The van der Waals surface area contributed by atoms with Gasteiger partial charge in [-0.05, 0) is 18.1 Å². The number of benzene rings is 1. The van der Waals surface area contributed by atoms with E-state index in [2.05, 4.69) is 9.97 Å². The van der Waals surface area contributed by atoms with Gasteiger partial charge in [-0.3, -0.25) is 9.59 Å².